The molecule has 0 aromatic heterocycles. The maximum atomic E-state index is 12.1. The van der Waals surface area contributed by atoms with Crippen molar-refractivity contribution in [2.75, 3.05) is 6.54 Å². The van der Waals surface area contributed by atoms with Gasteiger partial charge in [0.1, 0.15) is 6.04 Å². The van der Waals surface area contributed by atoms with Gasteiger partial charge in [-0.15, -0.1) is 0 Å². The lowest BCUT2D eigenvalue weighted by Crippen LogP contribution is -2.53. The van der Waals surface area contributed by atoms with Crippen molar-refractivity contribution in [1.82, 2.24) is 10.2 Å². The monoisotopic (exact) mass is 276 g/mol. The van der Waals surface area contributed by atoms with Crippen LogP contribution in [0.3, 0.4) is 0 Å². The van der Waals surface area contributed by atoms with E-state index in [1.165, 1.54) is 11.0 Å². The Morgan fingerprint density at radius 3 is 2.30 bits per heavy atom. The van der Waals surface area contributed by atoms with E-state index in [-0.39, 0.29) is 18.2 Å². The fourth-order valence-electron chi connectivity index (χ4n) is 2.26. The van der Waals surface area contributed by atoms with Crippen molar-refractivity contribution in [2.45, 2.75) is 32.7 Å². The van der Waals surface area contributed by atoms with Crippen LogP contribution in [0.25, 0.3) is 0 Å². The van der Waals surface area contributed by atoms with E-state index in [1.807, 2.05) is 13.8 Å². The van der Waals surface area contributed by atoms with Gasteiger partial charge in [-0.2, -0.15) is 0 Å². The van der Waals surface area contributed by atoms with Crippen molar-refractivity contribution in [1.29, 1.82) is 0 Å². The van der Waals surface area contributed by atoms with Crippen LogP contribution in [0.15, 0.2) is 36.5 Å². The van der Waals surface area contributed by atoms with Crippen LogP contribution in [0.2, 0.25) is 0 Å². The fraction of sp³-hybridized carbons (Fsp3) is 0.400. The van der Waals surface area contributed by atoms with Gasteiger partial charge >= 0.3 is 0 Å². The third-order valence-electron chi connectivity index (χ3n) is 3.21. The molecule has 20 heavy (non-hydrogen) atoms. The number of rotatable bonds is 3. The molecule has 1 N–H and O–H groups in total. The smallest absolute Gasteiger partial charge is 0.255 e. The van der Waals surface area contributed by atoms with Gasteiger partial charge in [-0.25, -0.2) is 0 Å². The molecule has 0 aliphatic carbocycles. The van der Waals surface area contributed by atoms with E-state index < -0.39 is 11.9 Å². The van der Waals surface area contributed by atoms with E-state index in [0.717, 1.165) is 5.57 Å². The minimum atomic E-state index is -0.581. The molecule has 0 saturated carbocycles. The van der Waals surface area contributed by atoms with Gasteiger partial charge in [0.25, 0.3) is 5.91 Å². The Labute approximate surface area is 119 Å². The van der Waals surface area contributed by atoms with Gasteiger partial charge in [0.05, 0.1) is 0 Å². The SMILES string of the molecule is C=CC1=C(C=C)C(=O)N(C2CCC(=O)NC2=O)C1.CC. The zero-order valence-electron chi connectivity index (χ0n) is 11.9. The summed E-state index contributed by atoms with van der Waals surface area (Å²) in [6, 6.07) is -0.581. The third kappa shape index (κ3) is 2.87. The second-order valence-corrected chi connectivity index (χ2v) is 4.25. The minimum Gasteiger partial charge on any atom is -0.322 e. The highest BCUT2D eigenvalue weighted by molar-refractivity contribution is 6.06. The number of carbonyl (C=O) groups is 3. The van der Waals surface area contributed by atoms with Crippen LogP contribution in [0.5, 0.6) is 0 Å². The number of hydrogen-bond donors (Lipinski definition) is 1. The summed E-state index contributed by atoms with van der Waals surface area (Å²) in [6.07, 6.45) is 3.70. The fourth-order valence-corrected chi connectivity index (χ4v) is 2.26. The predicted octanol–water partition coefficient (Wildman–Crippen LogP) is 1.33. The van der Waals surface area contributed by atoms with Crippen LogP contribution in [-0.2, 0) is 14.4 Å². The highest BCUT2D eigenvalue weighted by atomic mass is 16.2. The first kappa shape index (κ1) is 15.9. The summed E-state index contributed by atoms with van der Waals surface area (Å²) >= 11 is 0. The zero-order valence-corrected chi connectivity index (χ0v) is 11.9. The first-order chi connectivity index (χ1) is 9.58. The van der Waals surface area contributed by atoms with Gasteiger partial charge in [-0.1, -0.05) is 39.2 Å². The molecule has 1 unspecified atom stereocenters. The van der Waals surface area contributed by atoms with Crippen LogP contribution in [-0.4, -0.2) is 35.2 Å². The molecule has 1 atom stereocenters. The summed E-state index contributed by atoms with van der Waals surface area (Å²) in [7, 11) is 0. The van der Waals surface area contributed by atoms with Crippen molar-refractivity contribution < 1.29 is 14.4 Å². The number of imide groups is 1. The van der Waals surface area contributed by atoms with Gasteiger partial charge in [-0.05, 0) is 12.0 Å². The molecule has 2 aliphatic rings. The summed E-state index contributed by atoms with van der Waals surface area (Å²) in [5.41, 5.74) is 1.24. The maximum absolute atomic E-state index is 12.1. The Bertz CT molecular complexity index is 491. The van der Waals surface area contributed by atoms with E-state index in [2.05, 4.69) is 18.5 Å². The van der Waals surface area contributed by atoms with Crippen molar-refractivity contribution in [3.8, 4) is 0 Å². The topological polar surface area (TPSA) is 66.5 Å². The van der Waals surface area contributed by atoms with Crippen LogP contribution in [0.4, 0.5) is 0 Å². The van der Waals surface area contributed by atoms with E-state index in [1.54, 1.807) is 6.08 Å². The first-order valence-corrected chi connectivity index (χ1v) is 6.71. The third-order valence-corrected chi connectivity index (χ3v) is 3.21. The normalized spacial score (nSPS) is 22.2. The molecule has 5 nitrogen and oxygen atoms in total. The summed E-state index contributed by atoms with van der Waals surface area (Å²) < 4.78 is 0. The Balaban J connectivity index is 0.000000956. The van der Waals surface area contributed by atoms with Crippen LogP contribution < -0.4 is 5.32 Å². The van der Waals surface area contributed by atoms with E-state index in [4.69, 9.17) is 0 Å². The van der Waals surface area contributed by atoms with Crippen LogP contribution in [0, 0.1) is 0 Å². The molecule has 2 rings (SSSR count). The number of nitrogens with zero attached hydrogens (tertiary/aromatic N) is 1. The Kier molecular flexibility index (Phi) is 5.43. The number of hydrogen-bond acceptors (Lipinski definition) is 3. The summed E-state index contributed by atoms with van der Waals surface area (Å²) in [4.78, 5) is 36.4. The Hall–Kier alpha value is -2.17. The summed E-state index contributed by atoms with van der Waals surface area (Å²) in [5.74, 6) is -0.925. The van der Waals surface area contributed by atoms with Gasteiger partial charge in [0, 0.05) is 18.5 Å². The standard InChI is InChI=1S/C13H14N2O3.C2H6/c1-3-8-7-15(13(18)9(8)4-2)10-5-6-11(16)14-12(10)17;1-2/h3-4,10H,1-2,5-7H2,(H,14,16,17);1-2H3. The Morgan fingerprint density at radius 1 is 1.20 bits per heavy atom. The lowest BCUT2D eigenvalue weighted by atomic mass is 10.0. The first-order valence-electron chi connectivity index (χ1n) is 6.71. The van der Waals surface area contributed by atoms with Gasteiger partial charge in [-0.3, -0.25) is 19.7 Å². The largest absolute Gasteiger partial charge is 0.322 e. The highest BCUT2D eigenvalue weighted by Gasteiger charge is 2.38. The van der Waals surface area contributed by atoms with Crippen LogP contribution in [0.1, 0.15) is 26.7 Å². The van der Waals surface area contributed by atoms with E-state index >= 15 is 0 Å². The second kappa shape index (κ2) is 6.84. The van der Waals surface area contributed by atoms with Crippen molar-refractivity contribution in [3.05, 3.63) is 36.5 Å². The molecule has 0 aromatic rings. The molecule has 1 saturated heterocycles. The molecule has 0 bridgehead atoms. The van der Waals surface area contributed by atoms with Crippen molar-refractivity contribution >= 4 is 17.7 Å². The van der Waals surface area contributed by atoms with Gasteiger partial charge < -0.3 is 4.90 Å². The zero-order chi connectivity index (χ0) is 15.3. The average Bonchev–Trinajstić information content (AvgIpc) is 2.77. The molecular formula is C15H20N2O3. The minimum absolute atomic E-state index is 0.227. The average molecular weight is 276 g/mol. The quantitative estimate of drug-likeness (QED) is 0.791. The number of amides is 3. The van der Waals surface area contributed by atoms with Crippen LogP contribution >= 0.6 is 0 Å². The summed E-state index contributed by atoms with van der Waals surface area (Å²) in [6.45, 7) is 11.6. The molecule has 0 spiro atoms. The van der Waals surface area contributed by atoms with Crippen molar-refractivity contribution in [3.63, 3.8) is 0 Å². The van der Waals surface area contributed by atoms with Crippen molar-refractivity contribution in [2.24, 2.45) is 0 Å². The van der Waals surface area contributed by atoms with E-state index in [0.29, 0.717) is 18.5 Å². The molecule has 5 heteroatoms. The second-order valence-electron chi connectivity index (χ2n) is 4.25. The molecule has 0 aromatic carbocycles. The highest BCUT2D eigenvalue weighted by Crippen LogP contribution is 2.25. The van der Waals surface area contributed by atoms with Gasteiger partial charge in [0.15, 0.2) is 0 Å². The predicted molar refractivity (Wildman–Crippen MR) is 76.7 cm³/mol. The molecular weight excluding hydrogens is 256 g/mol. The molecule has 108 valence electrons. The molecule has 2 aliphatic heterocycles. The number of piperidine rings is 1. The number of nitrogens with one attached hydrogen (secondary N) is 1. The van der Waals surface area contributed by atoms with Gasteiger partial charge in [0.2, 0.25) is 11.8 Å². The molecule has 1 fully saturated rings. The molecule has 2 heterocycles. The Morgan fingerprint density at radius 2 is 1.85 bits per heavy atom. The molecule has 0 radical (unpaired) electrons. The lowest BCUT2D eigenvalue weighted by molar-refractivity contribution is -0.142. The summed E-state index contributed by atoms with van der Waals surface area (Å²) in [5, 5.41) is 2.25. The van der Waals surface area contributed by atoms with E-state index in [9.17, 15) is 14.4 Å². The maximum Gasteiger partial charge on any atom is 0.255 e. The number of carbonyl (C=O) groups excluding carboxylic acids is 3. The molecule has 3 amide bonds. The lowest BCUT2D eigenvalue weighted by Gasteiger charge is -2.29.